The molecule has 0 aliphatic heterocycles. The molecule has 0 fully saturated rings. The number of thiophene rings is 2. The first kappa shape index (κ1) is 78.0. The van der Waals surface area contributed by atoms with Gasteiger partial charge in [-0.1, -0.05) is 301 Å². The maximum absolute atomic E-state index is 6.37. The Bertz CT molecular complexity index is 8340. The van der Waals surface area contributed by atoms with E-state index in [2.05, 4.69) is 464 Å². The molecule has 8 heterocycles. The van der Waals surface area contributed by atoms with E-state index in [0.29, 0.717) is 0 Å². The molecule has 0 saturated carbocycles. The predicted molar refractivity (Wildman–Crippen MR) is 545 cm³/mol. The standard InChI is InChI=1S/C34H28N2.C28H23NO.2C28H23NS/c1-34(2,3)23-17-19-25(20-18-23)36-31-16-10-8-14-27(31)29-21-32-28(22-33(29)36)26-13-7-9-15-30(26)35(32)24-11-5-4-6-12-24;2*1-28(2,3)18-12-14-19(15-13-18)29-23-10-6-4-9-22(23)26-24(29)17-16-21-20-8-5-7-11-25(20)30-27(21)26;1-28(2,3)18-12-14-19(15-13-18)29-24-10-6-4-8-20(24)22-17-27-23(16-25(22)29)21-9-5-7-11-26(21)30-27/h4-22H,1-3H3;3*4-17H,1-3H3. The number of fused-ring (bicyclic) bond motifs is 26. The van der Waals surface area contributed by atoms with Crippen LogP contribution in [0.5, 0.6) is 0 Å². The largest absolute Gasteiger partial charge is 0.455 e. The van der Waals surface area contributed by atoms with Crippen LogP contribution >= 0.6 is 22.7 Å². The topological polar surface area (TPSA) is 37.8 Å². The molecule has 17 aromatic carbocycles. The second-order valence-corrected chi connectivity index (χ2v) is 40.1. The van der Waals surface area contributed by atoms with Gasteiger partial charge in [0, 0.05) is 128 Å². The molecule has 0 amide bonds. The van der Waals surface area contributed by atoms with Crippen LogP contribution in [0.25, 0.3) is 200 Å². The smallest absolute Gasteiger partial charge is 0.145 e. The Morgan fingerprint density at radius 2 is 0.492 bits per heavy atom. The first-order valence-electron chi connectivity index (χ1n) is 44.0. The minimum atomic E-state index is 0.130. The van der Waals surface area contributed by atoms with E-state index in [0.717, 1.165) is 11.2 Å². The summed E-state index contributed by atoms with van der Waals surface area (Å²) in [6, 6.07) is 135. The van der Waals surface area contributed by atoms with Crippen LogP contribution in [0.3, 0.4) is 0 Å². The molecule has 0 saturated heterocycles. The molecule has 0 aliphatic carbocycles. The Labute approximate surface area is 741 Å². The number of aromatic nitrogens is 5. The van der Waals surface area contributed by atoms with Gasteiger partial charge in [0.15, 0.2) is 0 Å². The highest BCUT2D eigenvalue weighted by Gasteiger charge is 2.26. The summed E-state index contributed by atoms with van der Waals surface area (Å²) in [7, 11) is 0. The lowest BCUT2D eigenvalue weighted by atomic mass is 9.87. The van der Waals surface area contributed by atoms with Crippen LogP contribution in [0.1, 0.15) is 105 Å². The summed E-state index contributed by atoms with van der Waals surface area (Å²) >= 11 is 3.79. The van der Waals surface area contributed by atoms with Gasteiger partial charge in [0.1, 0.15) is 11.2 Å². The third-order valence-corrected chi connectivity index (χ3v) is 28.3. The number of hydrogen-bond acceptors (Lipinski definition) is 3. The zero-order valence-corrected chi connectivity index (χ0v) is 74.8. The quantitative estimate of drug-likeness (QED) is 0.169. The number of para-hydroxylation sites is 7. The number of furan rings is 1. The zero-order valence-electron chi connectivity index (χ0n) is 73.2. The van der Waals surface area contributed by atoms with Crippen molar-refractivity contribution in [1.82, 2.24) is 22.8 Å². The fraction of sp³-hybridized carbons (Fsp3) is 0.136. The Balaban J connectivity index is 0.0000000997. The van der Waals surface area contributed by atoms with Crippen molar-refractivity contribution in [3.05, 3.63) is 392 Å². The monoisotopic (exact) mass is 1660 g/mol. The van der Waals surface area contributed by atoms with Crippen molar-refractivity contribution in [3.63, 3.8) is 0 Å². The van der Waals surface area contributed by atoms with Crippen LogP contribution in [-0.2, 0) is 21.7 Å². The first-order chi connectivity index (χ1) is 61.1. The molecule has 8 heteroatoms. The minimum Gasteiger partial charge on any atom is -0.455 e. The van der Waals surface area contributed by atoms with Crippen LogP contribution in [0.4, 0.5) is 0 Å². The molecule has 612 valence electrons. The molecule has 0 aliphatic rings. The van der Waals surface area contributed by atoms with Gasteiger partial charge in [-0.15, -0.1) is 22.7 Å². The highest BCUT2D eigenvalue weighted by atomic mass is 32.1. The van der Waals surface area contributed by atoms with Crippen molar-refractivity contribution < 1.29 is 4.42 Å². The van der Waals surface area contributed by atoms with Gasteiger partial charge in [0.2, 0.25) is 0 Å². The van der Waals surface area contributed by atoms with E-state index in [1.54, 1.807) is 0 Å². The Kier molecular flexibility index (Phi) is 18.5. The Morgan fingerprint density at radius 1 is 0.190 bits per heavy atom. The lowest BCUT2D eigenvalue weighted by Crippen LogP contribution is -2.10. The number of rotatable bonds is 5. The Hall–Kier alpha value is -14.0. The van der Waals surface area contributed by atoms with Gasteiger partial charge >= 0.3 is 0 Å². The van der Waals surface area contributed by atoms with Crippen molar-refractivity contribution >= 4 is 194 Å². The maximum Gasteiger partial charge on any atom is 0.145 e. The van der Waals surface area contributed by atoms with Crippen LogP contribution < -0.4 is 0 Å². The van der Waals surface area contributed by atoms with Crippen LogP contribution in [0.15, 0.2) is 374 Å². The lowest BCUT2D eigenvalue weighted by Gasteiger charge is -2.19. The molecule has 0 atom stereocenters. The van der Waals surface area contributed by atoms with Gasteiger partial charge in [-0.3, -0.25) is 0 Å². The molecule has 0 unspecified atom stereocenters. The van der Waals surface area contributed by atoms with Gasteiger partial charge in [0.25, 0.3) is 0 Å². The van der Waals surface area contributed by atoms with Crippen molar-refractivity contribution in [3.8, 4) is 28.4 Å². The number of nitrogens with zero attached hydrogens (tertiary/aromatic N) is 5. The fourth-order valence-electron chi connectivity index (χ4n) is 19.5. The van der Waals surface area contributed by atoms with Gasteiger partial charge in [0.05, 0.1) is 60.6 Å². The molecule has 25 rings (SSSR count). The summed E-state index contributed by atoms with van der Waals surface area (Å²) in [4.78, 5) is 0. The van der Waals surface area contributed by atoms with Crippen molar-refractivity contribution in [1.29, 1.82) is 0 Å². The summed E-state index contributed by atoms with van der Waals surface area (Å²) in [6.45, 7) is 27.1. The van der Waals surface area contributed by atoms with Crippen molar-refractivity contribution in [2.24, 2.45) is 0 Å². The average molecular weight is 1670 g/mol. The normalized spacial score (nSPS) is 12.4. The molecule has 8 aromatic heterocycles. The van der Waals surface area contributed by atoms with E-state index in [1.807, 2.05) is 34.8 Å². The second kappa shape index (κ2) is 29.9. The van der Waals surface area contributed by atoms with E-state index < -0.39 is 0 Å². The lowest BCUT2D eigenvalue weighted by molar-refractivity contribution is 0.590. The highest BCUT2D eigenvalue weighted by Crippen LogP contribution is 2.48. The Morgan fingerprint density at radius 3 is 0.921 bits per heavy atom. The fourth-order valence-corrected chi connectivity index (χ4v) is 21.9. The third kappa shape index (κ3) is 13.1. The van der Waals surface area contributed by atoms with Crippen molar-refractivity contribution in [2.75, 3.05) is 0 Å². The maximum atomic E-state index is 6.37. The van der Waals surface area contributed by atoms with Gasteiger partial charge in [-0.2, -0.15) is 0 Å². The molecular weight excluding hydrogens is 1570 g/mol. The minimum absolute atomic E-state index is 0.130. The third-order valence-electron chi connectivity index (χ3n) is 26.0. The predicted octanol–water partition coefficient (Wildman–Crippen LogP) is 34.1. The van der Waals surface area contributed by atoms with Crippen LogP contribution in [0, 0.1) is 0 Å². The van der Waals surface area contributed by atoms with Crippen LogP contribution in [0.2, 0.25) is 0 Å². The van der Waals surface area contributed by atoms with E-state index in [9.17, 15) is 0 Å². The highest BCUT2D eigenvalue weighted by molar-refractivity contribution is 7.27. The SMILES string of the molecule is CC(C)(C)c1ccc(-n2c3ccccc3c3c4oc5ccccc5c4ccc32)cc1.CC(C)(C)c1ccc(-n2c3ccccc3c3c4sc5ccccc5c4ccc32)cc1.CC(C)(C)c1ccc(-n2c3ccccc3c3cc4c(cc32)c2ccccc2n4-c2ccccc2)cc1.CC(C)(C)c1ccc(-n2c3ccccc3c3cc4sc5ccccc5c4cc32)cc1. The molecule has 0 radical (unpaired) electrons. The van der Waals surface area contributed by atoms with Crippen LogP contribution in [-0.4, -0.2) is 22.8 Å². The molecule has 6 nitrogen and oxygen atoms in total. The summed E-state index contributed by atoms with van der Waals surface area (Å²) in [6.07, 6.45) is 0. The van der Waals surface area contributed by atoms with Crippen molar-refractivity contribution in [2.45, 2.75) is 105 Å². The molecule has 25 aromatic rings. The zero-order chi connectivity index (χ0) is 85.8. The summed E-state index contributed by atoms with van der Waals surface area (Å²) in [5.74, 6) is 0. The molecule has 0 spiro atoms. The molecule has 0 bridgehead atoms. The summed E-state index contributed by atoms with van der Waals surface area (Å²) in [5, 5.41) is 20.6. The number of benzene rings is 17. The van der Waals surface area contributed by atoms with E-state index in [4.69, 9.17) is 4.42 Å². The molecular formula is C118H97N5OS2. The van der Waals surface area contributed by atoms with E-state index >= 15 is 0 Å². The summed E-state index contributed by atoms with van der Waals surface area (Å²) < 4.78 is 23.8. The second-order valence-electron chi connectivity index (χ2n) is 38.0. The first-order valence-corrected chi connectivity index (χ1v) is 45.7. The average Bonchev–Trinajstić information content (AvgIpc) is 1.57. The van der Waals surface area contributed by atoms with Gasteiger partial charge in [-0.25, -0.2) is 0 Å². The number of hydrogen-bond donors (Lipinski definition) is 0. The molecule has 126 heavy (non-hydrogen) atoms. The summed E-state index contributed by atoms with van der Waals surface area (Å²) in [5.41, 5.74) is 26.3. The van der Waals surface area contributed by atoms with E-state index in [-0.39, 0.29) is 21.7 Å². The van der Waals surface area contributed by atoms with E-state index in [1.165, 1.54) is 211 Å². The molecule has 0 N–H and O–H groups in total. The van der Waals surface area contributed by atoms with Gasteiger partial charge in [-0.05, 0) is 196 Å². The van der Waals surface area contributed by atoms with Gasteiger partial charge < -0.3 is 27.3 Å².